The van der Waals surface area contributed by atoms with Crippen molar-refractivity contribution in [2.75, 3.05) is 0 Å². The smallest absolute Gasteiger partial charge is 0.364 e. The zero-order valence-corrected chi connectivity index (χ0v) is 16.3. The first-order valence-electron chi connectivity index (χ1n) is 7.39. The van der Waals surface area contributed by atoms with Gasteiger partial charge in [0.2, 0.25) is 0 Å². The van der Waals surface area contributed by atoms with Crippen LogP contribution in [0.2, 0.25) is 5.02 Å². The van der Waals surface area contributed by atoms with Crippen molar-refractivity contribution in [2.45, 2.75) is 10.9 Å². The van der Waals surface area contributed by atoms with Crippen LogP contribution in [-0.2, 0) is 5.75 Å². The van der Waals surface area contributed by atoms with Gasteiger partial charge in [-0.15, -0.1) is 0 Å². The van der Waals surface area contributed by atoms with E-state index in [0.717, 1.165) is 10.0 Å². The molecule has 0 saturated carbocycles. The second kappa shape index (κ2) is 8.62. The summed E-state index contributed by atoms with van der Waals surface area (Å²) in [5.41, 5.74) is 0.900. The highest BCUT2D eigenvalue weighted by Crippen LogP contribution is 2.24. The van der Waals surface area contributed by atoms with Crippen molar-refractivity contribution in [3.05, 3.63) is 81.3 Å². The van der Waals surface area contributed by atoms with Gasteiger partial charge in [0.15, 0.2) is 10.9 Å². The number of carbonyl (C=O) groups is 1. The molecule has 8 heteroatoms. The fourth-order valence-corrected chi connectivity index (χ4v) is 3.30. The zero-order chi connectivity index (χ0) is 18.5. The van der Waals surface area contributed by atoms with E-state index in [2.05, 4.69) is 25.9 Å². The summed E-state index contributed by atoms with van der Waals surface area (Å²) < 4.78 is 19.0. The maximum atomic E-state index is 12.9. The molecule has 4 nitrogen and oxygen atoms in total. The molecular formula is C18H11BrClFN2O2S. The number of rotatable bonds is 5. The van der Waals surface area contributed by atoms with Crippen LogP contribution in [-0.4, -0.2) is 15.9 Å². The molecule has 0 aliphatic rings. The van der Waals surface area contributed by atoms with Crippen molar-refractivity contribution in [3.8, 4) is 5.75 Å². The number of benzene rings is 2. The maximum Gasteiger partial charge on any atom is 0.364 e. The van der Waals surface area contributed by atoms with Crippen LogP contribution >= 0.6 is 39.3 Å². The van der Waals surface area contributed by atoms with Crippen LogP contribution in [0, 0.1) is 5.82 Å². The highest BCUT2D eigenvalue weighted by atomic mass is 79.9. The third-order valence-electron chi connectivity index (χ3n) is 3.20. The predicted molar refractivity (Wildman–Crippen MR) is 102 cm³/mol. The summed E-state index contributed by atoms with van der Waals surface area (Å²) in [6.45, 7) is 0. The van der Waals surface area contributed by atoms with Gasteiger partial charge in [-0.05, 0) is 35.9 Å². The summed E-state index contributed by atoms with van der Waals surface area (Å²) in [6.07, 6.45) is 1.36. The van der Waals surface area contributed by atoms with Crippen LogP contribution in [0.15, 0.2) is 64.4 Å². The van der Waals surface area contributed by atoms with Gasteiger partial charge in [-0.25, -0.2) is 19.2 Å². The largest absolute Gasteiger partial charge is 0.422 e. The molecule has 2 aromatic carbocycles. The highest BCUT2D eigenvalue weighted by molar-refractivity contribution is 9.10. The van der Waals surface area contributed by atoms with Gasteiger partial charge in [0.05, 0.1) is 11.2 Å². The van der Waals surface area contributed by atoms with Crippen LogP contribution in [0.3, 0.4) is 0 Å². The van der Waals surface area contributed by atoms with Gasteiger partial charge in [0.25, 0.3) is 0 Å². The molecule has 132 valence electrons. The highest BCUT2D eigenvalue weighted by Gasteiger charge is 2.17. The molecule has 0 unspecified atom stereocenters. The Balaban J connectivity index is 1.72. The van der Waals surface area contributed by atoms with Crippen molar-refractivity contribution in [1.82, 2.24) is 9.97 Å². The number of carbonyl (C=O) groups excluding carboxylic acids is 1. The lowest BCUT2D eigenvalue weighted by Crippen LogP contribution is -2.12. The Hall–Kier alpha value is -1.96. The Morgan fingerprint density at radius 1 is 1.23 bits per heavy atom. The Morgan fingerprint density at radius 3 is 2.73 bits per heavy atom. The molecule has 0 radical (unpaired) electrons. The van der Waals surface area contributed by atoms with Gasteiger partial charge in [0.1, 0.15) is 11.6 Å². The second-order valence-corrected chi connectivity index (χ2v) is 7.38. The molecule has 0 fully saturated rings. The number of hydrogen-bond donors (Lipinski definition) is 0. The summed E-state index contributed by atoms with van der Waals surface area (Å²) in [7, 11) is 0. The van der Waals surface area contributed by atoms with Crippen molar-refractivity contribution in [2.24, 2.45) is 0 Å². The molecule has 1 aromatic heterocycles. The number of esters is 1. The van der Waals surface area contributed by atoms with Gasteiger partial charge >= 0.3 is 5.97 Å². The van der Waals surface area contributed by atoms with E-state index in [1.165, 1.54) is 30.1 Å². The summed E-state index contributed by atoms with van der Waals surface area (Å²) in [6, 6.07) is 13.0. The van der Waals surface area contributed by atoms with E-state index < -0.39 is 5.97 Å². The molecule has 3 aromatic rings. The monoisotopic (exact) mass is 452 g/mol. The van der Waals surface area contributed by atoms with Crippen LogP contribution in [0.25, 0.3) is 0 Å². The lowest BCUT2D eigenvalue weighted by Gasteiger charge is -2.07. The van der Waals surface area contributed by atoms with E-state index in [-0.39, 0.29) is 16.5 Å². The van der Waals surface area contributed by atoms with Crippen molar-refractivity contribution in [1.29, 1.82) is 0 Å². The molecule has 0 atom stereocenters. The fraction of sp³-hybridized carbons (Fsp3) is 0.0556. The number of aromatic nitrogens is 2. The van der Waals surface area contributed by atoms with E-state index >= 15 is 0 Å². The van der Waals surface area contributed by atoms with E-state index in [9.17, 15) is 9.18 Å². The first kappa shape index (κ1) is 18.8. The Kier molecular flexibility index (Phi) is 6.24. The number of nitrogens with zero attached hydrogens (tertiary/aromatic N) is 2. The topological polar surface area (TPSA) is 52.1 Å². The molecular weight excluding hydrogens is 443 g/mol. The number of ether oxygens (including phenoxy) is 1. The molecule has 1 heterocycles. The molecule has 0 spiro atoms. The quantitative estimate of drug-likeness (QED) is 0.220. The lowest BCUT2D eigenvalue weighted by atomic mass is 10.2. The minimum Gasteiger partial charge on any atom is -0.422 e. The first-order chi connectivity index (χ1) is 12.5. The fourth-order valence-electron chi connectivity index (χ4n) is 1.98. The summed E-state index contributed by atoms with van der Waals surface area (Å²) in [5, 5.41) is 0.482. The number of thioether (sulfide) groups is 1. The van der Waals surface area contributed by atoms with Gasteiger partial charge < -0.3 is 4.74 Å². The third-order valence-corrected chi connectivity index (χ3v) is 4.91. The normalized spacial score (nSPS) is 10.6. The average molecular weight is 454 g/mol. The van der Waals surface area contributed by atoms with E-state index in [1.54, 1.807) is 30.3 Å². The van der Waals surface area contributed by atoms with Gasteiger partial charge in [-0.1, -0.05) is 57.5 Å². The van der Waals surface area contributed by atoms with E-state index in [4.69, 9.17) is 16.3 Å². The molecule has 0 aliphatic carbocycles. The first-order valence-corrected chi connectivity index (χ1v) is 9.54. The molecule has 3 rings (SSSR count). The van der Waals surface area contributed by atoms with Crippen molar-refractivity contribution < 1.29 is 13.9 Å². The van der Waals surface area contributed by atoms with Crippen LogP contribution in [0.5, 0.6) is 5.75 Å². The number of halogens is 3. The summed E-state index contributed by atoms with van der Waals surface area (Å²) in [4.78, 5) is 20.6. The van der Waals surface area contributed by atoms with E-state index in [0.29, 0.717) is 16.7 Å². The van der Waals surface area contributed by atoms with E-state index in [1.807, 2.05) is 6.07 Å². The number of hydrogen-bond acceptors (Lipinski definition) is 5. The molecule has 0 amide bonds. The van der Waals surface area contributed by atoms with Gasteiger partial charge in [0, 0.05) is 10.2 Å². The molecule has 0 aliphatic heterocycles. The Morgan fingerprint density at radius 2 is 2.00 bits per heavy atom. The summed E-state index contributed by atoms with van der Waals surface area (Å²) >= 11 is 10.7. The van der Waals surface area contributed by atoms with Crippen molar-refractivity contribution in [3.63, 3.8) is 0 Å². The molecule has 0 saturated heterocycles. The van der Waals surface area contributed by atoms with Crippen LogP contribution < -0.4 is 4.74 Å². The third kappa shape index (κ3) is 5.03. The SMILES string of the molecule is O=C(Oc1cccc(Br)c1)c1nc(SCc2ccc(F)cc2)ncc1Cl. The molecule has 26 heavy (non-hydrogen) atoms. The summed E-state index contributed by atoms with van der Waals surface area (Å²) in [5.74, 6) is -0.0556. The minimum atomic E-state index is -0.667. The Bertz CT molecular complexity index is 941. The zero-order valence-electron chi connectivity index (χ0n) is 13.2. The standard InChI is InChI=1S/C18H11BrClFN2O2S/c19-12-2-1-3-14(8-12)25-17(24)16-15(20)9-22-18(23-16)26-10-11-4-6-13(21)7-5-11/h1-9H,10H2. The second-order valence-electron chi connectivity index (χ2n) is 5.11. The molecule has 0 bridgehead atoms. The van der Waals surface area contributed by atoms with Crippen molar-refractivity contribution >= 4 is 45.3 Å². The predicted octanol–water partition coefficient (Wildman–Crippen LogP) is 5.54. The molecule has 0 N–H and O–H groups in total. The van der Waals surface area contributed by atoms with Gasteiger partial charge in [-0.2, -0.15) is 0 Å². The maximum absolute atomic E-state index is 12.9. The lowest BCUT2D eigenvalue weighted by molar-refractivity contribution is 0.0727. The minimum absolute atomic E-state index is 0.0109. The van der Waals surface area contributed by atoms with Crippen LogP contribution in [0.4, 0.5) is 4.39 Å². The van der Waals surface area contributed by atoms with Gasteiger partial charge in [-0.3, -0.25) is 0 Å². The Labute approximate surface area is 166 Å². The van der Waals surface area contributed by atoms with Crippen LogP contribution in [0.1, 0.15) is 16.1 Å². The average Bonchev–Trinajstić information content (AvgIpc) is 2.62.